The fourth-order valence-corrected chi connectivity index (χ4v) is 16.7. The number of hydrogen-bond acceptors (Lipinski definition) is 6. The first kappa shape index (κ1) is 52.3. The summed E-state index contributed by atoms with van der Waals surface area (Å²) < 4.78 is 29.7. The number of para-hydroxylation sites is 4. The minimum Gasteiger partial charge on any atom is -0.456 e. The number of benzene rings is 11. The van der Waals surface area contributed by atoms with E-state index in [9.17, 15) is 0 Å². The van der Waals surface area contributed by atoms with Gasteiger partial charge in [-0.3, -0.25) is 0 Å². The summed E-state index contributed by atoms with van der Waals surface area (Å²) in [5.74, 6) is 3.46. The zero-order chi connectivity index (χ0) is 57.7. The van der Waals surface area contributed by atoms with E-state index in [2.05, 4.69) is 232 Å². The van der Waals surface area contributed by atoms with Crippen LogP contribution in [0.4, 0.5) is 34.1 Å². The molecule has 0 atom stereocenters. The second-order valence-electron chi connectivity index (χ2n) is 22.5. The van der Waals surface area contributed by atoms with Gasteiger partial charge in [0.2, 0.25) is 0 Å². The van der Waals surface area contributed by atoms with Crippen LogP contribution in [-0.4, -0.2) is 42.7 Å². The molecule has 11 aromatic carbocycles. The minimum atomic E-state index is -0.760. The minimum absolute atomic E-state index is 0.760. The Kier molecular flexibility index (Phi) is 12.8. The zero-order valence-electron chi connectivity index (χ0n) is 47.6. The van der Waals surface area contributed by atoms with Crippen LogP contribution in [0.5, 0.6) is 0 Å². The van der Waals surface area contributed by atoms with Gasteiger partial charge in [-0.25, -0.2) is 0 Å². The normalized spacial score (nSPS) is 11.8. The summed E-state index contributed by atoms with van der Waals surface area (Å²) in [5, 5.41) is 7.09. The maximum absolute atomic E-state index is 6.44. The fraction of sp³-hybridized carbons (Fsp3) is 0.0513. The van der Waals surface area contributed by atoms with Crippen LogP contribution in [0.3, 0.4) is 0 Å². The second kappa shape index (κ2) is 21.1. The van der Waals surface area contributed by atoms with E-state index >= 15 is 0 Å². The van der Waals surface area contributed by atoms with Gasteiger partial charge in [0.1, 0.15) is 11.2 Å². The molecule has 0 unspecified atom stereocenters. The first-order chi connectivity index (χ1) is 42.1. The van der Waals surface area contributed by atoms with Crippen molar-refractivity contribution in [3.63, 3.8) is 0 Å². The molecule has 0 aliphatic rings. The van der Waals surface area contributed by atoms with Crippen LogP contribution < -0.4 is 13.4 Å². The number of anilines is 6. The fourth-order valence-electron chi connectivity index (χ4n) is 12.5. The smallest absolute Gasteiger partial charge is 0.456 e. The second-order valence-corrected chi connectivity index (χ2v) is 26.9. The molecule has 0 saturated heterocycles. The predicted octanol–water partition coefficient (Wildman–Crippen LogP) is 21.1. The molecule has 0 amide bonds. The maximum atomic E-state index is 6.44. The van der Waals surface area contributed by atoms with Gasteiger partial charge in [0.05, 0.1) is 0 Å². The van der Waals surface area contributed by atoms with E-state index in [4.69, 9.17) is 17.7 Å². The van der Waals surface area contributed by atoms with E-state index in [0.29, 0.717) is 0 Å². The topological polar surface area (TPSA) is 59.0 Å². The van der Waals surface area contributed by atoms with Crippen molar-refractivity contribution in [3.8, 4) is 56.4 Å². The molecule has 0 radical (unpaired) electrons. The molecule has 8 heteroatoms. The Morgan fingerprint density at radius 1 is 0.302 bits per heavy atom. The van der Waals surface area contributed by atoms with E-state index in [1.807, 2.05) is 54.6 Å². The van der Waals surface area contributed by atoms with Crippen molar-refractivity contribution in [2.24, 2.45) is 0 Å². The standard InChI is InChI=1S/C78H54N2O4Te2/c1-46-37-66(48(3)35-62(46)74-41-55-15-7-11-19-70(55)83-74)79(58-29-23-51(24-30-58)72-39-53-13-5-9-17-68(53)81-72)57-27-21-50(22-28-57)64-45-78-65(44-76(64)85)61-34-33-60(43-77(61)86-78)80(59-31-25-52(26-32-59)73-40-54-14-6-10-18-69(54)82-73)67-38-47(2)63(36-49(67)4)75-42-56-16-8-12-20-71(56)84-75/h5-45,85H,1-4H3. The summed E-state index contributed by atoms with van der Waals surface area (Å²) in [5.41, 5.74) is 21.4. The van der Waals surface area contributed by atoms with Gasteiger partial charge in [-0.05, 0) is 24.3 Å². The number of nitrogens with zero attached hydrogens (tertiary/aromatic N) is 2. The van der Waals surface area contributed by atoms with Gasteiger partial charge in [-0.15, -0.1) is 0 Å². The molecule has 86 heavy (non-hydrogen) atoms. The third-order valence-corrected chi connectivity index (χ3v) is 21.1. The summed E-state index contributed by atoms with van der Waals surface area (Å²) in [7, 11) is 0. The van der Waals surface area contributed by atoms with Gasteiger partial charge in [-0.2, -0.15) is 0 Å². The van der Waals surface area contributed by atoms with Crippen molar-refractivity contribution in [2.45, 2.75) is 27.7 Å². The van der Waals surface area contributed by atoms with E-state index < -0.39 is 20.4 Å². The van der Waals surface area contributed by atoms with Crippen LogP contribution in [0.15, 0.2) is 266 Å². The molecule has 0 aliphatic heterocycles. The van der Waals surface area contributed by atoms with Gasteiger partial charge in [0.15, 0.2) is 0 Å². The Morgan fingerprint density at radius 2 is 0.674 bits per heavy atom. The van der Waals surface area contributed by atoms with Crippen molar-refractivity contribution in [1.29, 1.82) is 0 Å². The summed E-state index contributed by atoms with van der Waals surface area (Å²) in [6.07, 6.45) is 0. The monoisotopic (exact) mass is 1340 g/mol. The van der Waals surface area contributed by atoms with Gasteiger partial charge in [0.25, 0.3) is 0 Å². The molecule has 6 nitrogen and oxygen atoms in total. The molecule has 5 aromatic heterocycles. The number of fused-ring (bicyclic) bond motifs is 7. The van der Waals surface area contributed by atoms with E-state index in [1.165, 1.54) is 32.3 Å². The van der Waals surface area contributed by atoms with E-state index in [-0.39, 0.29) is 0 Å². The molecule has 0 aliphatic carbocycles. The van der Waals surface area contributed by atoms with Crippen LogP contribution in [-0.2, 0) is 0 Å². The molecular formula is C78H54N2O4Te2. The molecule has 0 fully saturated rings. The molecule has 0 N–H and O–H groups in total. The van der Waals surface area contributed by atoms with Crippen molar-refractivity contribution in [2.75, 3.05) is 9.80 Å². The molecule has 5 heterocycles. The van der Waals surface area contributed by atoms with Crippen LogP contribution in [0.1, 0.15) is 22.3 Å². The van der Waals surface area contributed by atoms with Gasteiger partial charge < -0.3 is 8.83 Å². The van der Waals surface area contributed by atoms with Crippen LogP contribution >= 0.6 is 0 Å². The Morgan fingerprint density at radius 3 is 1.12 bits per heavy atom. The van der Waals surface area contributed by atoms with Crippen molar-refractivity contribution < 1.29 is 17.7 Å². The quantitative estimate of drug-likeness (QED) is 0.120. The summed E-state index contributed by atoms with van der Waals surface area (Å²) >= 11 is 1.01. The third-order valence-electron chi connectivity index (χ3n) is 16.9. The Bertz CT molecular complexity index is 5180. The van der Waals surface area contributed by atoms with E-state index in [0.717, 1.165) is 146 Å². The van der Waals surface area contributed by atoms with Gasteiger partial charge >= 0.3 is 409 Å². The molecule has 0 saturated carbocycles. The predicted molar refractivity (Wildman–Crippen MR) is 360 cm³/mol. The first-order valence-electron chi connectivity index (χ1n) is 28.9. The van der Waals surface area contributed by atoms with E-state index in [1.54, 1.807) is 22.3 Å². The van der Waals surface area contributed by atoms with Crippen molar-refractivity contribution in [3.05, 3.63) is 271 Å². The molecule has 16 aromatic rings. The first-order valence-corrected chi connectivity index (χ1v) is 32.5. The van der Waals surface area contributed by atoms with Gasteiger partial charge in [-0.1, -0.05) is 60.7 Å². The molecule has 0 bridgehead atoms. The number of rotatable bonds is 11. The Balaban J connectivity index is 0.758. The Labute approximate surface area is 520 Å². The average Bonchev–Trinajstić information content (AvgIpc) is 1.85. The van der Waals surface area contributed by atoms with Gasteiger partial charge in [0, 0.05) is 10.8 Å². The van der Waals surface area contributed by atoms with Crippen molar-refractivity contribution >= 4 is 142 Å². The van der Waals surface area contributed by atoms with Crippen molar-refractivity contribution in [1.82, 2.24) is 0 Å². The number of hydrogen-bond donors (Lipinski definition) is 0. The molecule has 412 valence electrons. The molecular weight excluding hydrogens is 1280 g/mol. The summed E-state index contributed by atoms with van der Waals surface area (Å²) in [6, 6.07) is 89.4. The molecule has 0 spiro atoms. The molecule has 16 rings (SSSR count). The average molecular weight is 1340 g/mol. The summed E-state index contributed by atoms with van der Waals surface area (Å²) in [6.45, 7) is 8.79. The SMILES string of the molecule is Cc1cc(N(c2ccc(-c3cc4ccccc4o3)cc2)c2ccc(-c3cc4[te]c5cc(N(c6ccc(-c7cc8ccccc8o7)cc6)c6cc(C)c(-c7cc8ccccc8o7)cc6C)ccc5c4cc3[TeH])cc2)c(C)cc1-c1cc2ccccc2o1. The number of furan rings is 4. The third kappa shape index (κ3) is 9.24. The summed E-state index contributed by atoms with van der Waals surface area (Å²) in [4.78, 5) is 4.81. The number of aryl methyl sites for hydroxylation is 4. The Hall–Kier alpha value is -9.24. The van der Waals surface area contributed by atoms with Crippen LogP contribution in [0.2, 0.25) is 0 Å². The van der Waals surface area contributed by atoms with Crippen LogP contribution in [0, 0.1) is 27.7 Å². The van der Waals surface area contributed by atoms with Crippen LogP contribution in [0.25, 0.3) is 118 Å². The zero-order valence-corrected chi connectivity index (χ0v) is 52.4.